The van der Waals surface area contributed by atoms with E-state index in [-0.39, 0.29) is 23.5 Å². The van der Waals surface area contributed by atoms with Gasteiger partial charge in [0.05, 0.1) is 37.1 Å². The van der Waals surface area contributed by atoms with Crippen molar-refractivity contribution in [1.82, 2.24) is 24.2 Å². The van der Waals surface area contributed by atoms with Crippen LogP contribution < -0.4 is 5.32 Å². The van der Waals surface area contributed by atoms with Crippen LogP contribution in [0.4, 0.5) is 23.5 Å². The molecule has 4 rings (SSSR count). The van der Waals surface area contributed by atoms with E-state index in [0.717, 1.165) is 23.8 Å². The van der Waals surface area contributed by atoms with Crippen LogP contribution >= 0.6 is 11.3 Å². The number of sulfonamides is 1. The van der Waals surface area contributed by atoms with Crippen LogP contribution in [0.3, 0.4) is 0 Å². The summed E-state index contributed by atoms with van der Waals surface area (Å²) in [4.78, 5) is 13.2. The molecule has 2 saturated heterocycles. The van der Waals surface area contributed by atoms with Crippen molar-refractivity contribution in [2.75, 3.05) is 51.0 Å². The molecule has 9 nitrogen and oxygen atoms in total. The Bertz CT molecular complexity index is 1110. The highest BCUT2D eigenvalue weighted by Gasteiger charge is 2.39. The van der Waals surface area contributed by atoms with Crippen molar-refractivity contribution in [3.8, 4) is 10.6 Å². The maximum absolute atomic E-state index is 14.6. The third kappa shape index (κ3) is 6.00. The first-order valence-corrected chi connectivity index (χ1v) is 13.3. The van der Waals surface area contributed by atoms with Gasteiger partial charge in [-0.1, -0.05) is 0 Å². The van der Waals surface area contributed by atoms with Crippen molar-refractivity contribution in [2.24, 2.45) is 0 Å². The molecule has 0 amide bonds. The lowest BCUT2D eigenvalue weighted by molar-refractivity contribution is -0.140. The van der Waals surface area contributed by atoms with Crippen LogP contribution in [0.15, 0.2) is 6.20 Å². The summed E-state index contributed by atoms with van der Waals surface area (Å²) in [5, 5.41) is 3.20. The molecular weight excluding hydrogens is 500 g/mol. The highest BCUT2D eigenvalue weighted by atomic mass is 32.2. The van der Waals surface area contributed by atoms with Crippen LogP contribution in [0.2, 0.25) is 0 Å². The maximum atomic E-state index is 14.6. The molecule has 188 valence electrons. The van der Waals surface area contributed by atoms with Gasteiger partial charge in [-0.2, -0.15) is 13.2 Å². The Morgan fingerprint density at radius 1 is 1.18 bits per heavy atom. The number of ether oxygens (including phenoxy) is 1. The fourth-order valence-electron chi connectivity index (χ4n) is 3.85. The number of alkyl halides is 3. The lowest BCUT2D eigenvalue weighted by Gasteiger charge is -2.30. The molecule has 4 heterocycles. The molecular formula is C19H24F4N6O3S2. The summed E-state index contributed by atoms with van der Waals surface area (Å²) in [5.74, 6) is -1.00. The molecule has 0 unspecified atom stereocenters. The molecule has 0 aliphatic carbocycles. The SMILES string of the molecule is CS(=O)(=O)N1CCC(Nc2ncc(F)c(-c3sc(CN4CCOCC4)nc3C(F)(F)F)n2)CC1. The highest BCUT2D eigenvalue weighted by molar-refractivity contribution is 7.88. The van der Waals surface area contributed by atoms with Gasteiger partial charge in [-0.15, -0.1) is 11.3 Å². The molecule has 34 heavy (non-hydrogen) atoms. The van der Waals surface area contributed by atoms with Crippen LogP contribution in [0.1, 0.15) is 23.5 Å². The van der Waals surface area contributed by atoms with Crippen LogP contribution in [0.5, 0.6) is 0 Å². The molecule has 0 saturated carbocycles. The number of morpholine rings is 1. The number of halogens is 4. The summed E-state index contributed by atoms with van der Waals surface area (Å²) in [7, 11) is -3.30. The lowest BCUT2D eigenvalue weighted by Crippen LogP contribution is -2.42. The molecule has 0 atom stereocenters. The number of aromatic nitrogens is 3. The van der Waals surface area contributed by atoms with Crippen molar-refractivity contribution < 1.29 is 30.7 Å². The summed E-state index contributed by atoms with van der Waals surface area (Å²) in [6.07, 6.45) is -1.89. The topological polar surface area (TPSA) is 101 Å². The van der Waals surface area contributed by atoms with Crippen molar-refractivity contribution in [3.63, 3.8) is 0 Å². The van der Waals surface area contributed by atoms with Gasteiger partial charge in [0.25, 0.3) is 0 Å². The molecule has 1 N–H and O–H groups in total. The standard InChI is InChI=1S/C19H24F4N6O3S2/c1-34(30,31)29-4-2-12(3-5-29)25-18-24-10-13(20)15(27-18)16-17(19(21,22)23)26-14(33-16)11-28-6-8-32-9-7-28/h10,12H,2-9,11H2,1H3,(H,24,25,27). The first-order chi connectivity index (χ1) is 16.0. The Labute approximate surface area is 198 Å². The van der Waals surface area contributed by atoms with Gasteiger partial charge in [0, 0.05) is 32.2 Å². The van der Waals surface area contributed by atoms with Gasteiger partial charge < -0.3 is 10.1 Å². The van der Waals surface area contributed by atoms with Crippen molar-refractivity contribution in [3.05, 3.63) is 22.7 Å². The van der Waals surface area contributed by atoms with Gasteiger partial charge in [-0.05, 0) is 12.8 Å². The number of nitrogens with zero attached hydrogens (tertiary/aromatic N) is 5. The summed E-state index contributed by atoms with van der Waals surface area (Å²) < 4.78 is 85.8. The summed E-state index contributed by atoms with van der Waals surface area (Å²) in [6.45, 7) is 2.92. The number of piperidine rings is 1. The van der Waals surface area contributed by atoms with E-state index in [1.165, 1.54) is 4.31 Å². The number of hydrogen-bond acceptors (Lipinski definition) is 9. The highest BCUT2D eigenvalue weighted by Crippen LogP contribution is 2.41. The lowest BCUT2D eigenvalue weighted by atomic mass is 10.1. The number of nitrogens with one attached hydrogen (secondary N) is 1. The zero-order valence-corrected chi connectivity index (χ0v) is 19.9. The predicted octanol–water partition coefficient (Wildman–Crippen LogP) is 2.43. The van der Waals surface area contributed by atoms with Crippen LogP contribution in [0.25, 0.3) is 10.6 Å². The van der Waals surface area contributed by atoms with Gasteiger partial charge in [-0.3, -0.25) is 4.90 Å². The Hall–Kier alpha value is -1.94. The van der Waals surface area contributed by atoms with E-state index >= 15 is 0 Å². The number of anilines is 1. The Balaban J connectivity index is 1.56. The van der Waals surface area contributed by atoms with E-state index < -0.39 is 38.3 Å². The number of thiazole rings is 1. The quantitative estimate of drug-likeness (QED) is 0.576. The Morgan fingerprint density at radius 2 is 1.85 bits per heavy atom. The van der Waals surface area contributed by atoms with Gasteiger partial charge in [0.1, 0.15) is 10.7 Å². The minimum absolute atomic E-state index is 0.0227. The summed E-state index contributed by atoms with van der Waals surface area (Å²) in [5.41, 5.74) is -1.64. The van der Waals surface area contributed by atoms with E-state index in [9.17, 15) is 26.0 Å². The number of rotatable bonds is 6. The fraction of sp³-hybridized carbons (Fsp3) is 0.632. The first-order valence-electron chi connectivity index (χ1n) is 10.6. The van der Waals surface area contributed by atoms with E-state index in [2.05, 4.69) is 20.3 Å². The normalized spacial score (nSPS) is 19.4. The van der Waals surface area contributed by atoms with Crippen LogP contribution in [-0.2, 0) is 27.5 Å². The summed E-state index contributed by atoms with van der Waals surface area (Å²) in [6, 6.07) is -0.197. The molecule has 2 aliphatic rings. The molecule has 15 heteroatoms. The Kier molecular flexibility index (Phi) is 7.38. The van der Waals surface area contributed by atoms with E-state index in [0.29, 0.717) is 52.2 Å². The average Bonchev–Trinajstić information content (AvgIpc) is 3.20. The summed E-state index contributed by atoms with van der Waals surface area (Å²) >= 11 is 0.760. The van der Waals surface area contributed by atoms with Gasteiger partial charge in [0.15, 0.2) is 11.5 Å². The largest absolute Gasteiger partial charge is 0.434 e. The van der Waals surface area contributed by atoms with Crippen LogP contribution in [0, 0.1) is 5.82 Å². The predicted molar refractivity (Wildman–Crippen MR) is 117 cm³/mol. The van der Waals surface area contributed by atoms with Crippen LogP contribution in [-0.4, -0.2) is 84.3 Å². The molecule has 0 aromatic carbocycles. The second-order valence-electron chi connectivity index (χ2n) is 8.14. The molecule has 2 aromatic rings. The molecule has 2 aromatic heterocycles. The third-order valence-corrected chi connectivity index (χ3v) is 7.97. The molecule has 0 bridgehead atoms. The van der Waals surface area contributed by atoms with E-state index in [4.69, 9.17) is 4.74 Å². The Morgan fingerprint density at radius 3 is 2.47 bits per heavy atom. The monoisotopic (exact) mass is 524 g/mol. The zero-order valence-electron chi connectivity index (χ0n) is 18.3. The molecule has 2 aliphatic heterocycles. The van der Waals surface area contributed by atoms with Gasteiger partial charge >= 0.3 is 6.18 Å². The van der Waals surface area contributed by atoms with Crippen molar-refractivity contribution in [1.29, 1.82) is 0 Å². The van der Waals surface area contributed by atoms with Gasteiger partial charge in [0.2, 0.25) is 16.0 Å². The molecule has 2 fully saturated rings. The minimum Gasteiger partial charge on any atom is -0.379 e. The second kappa shape index (κ2) is 9.97. The number of hydrogen-bond donors (Lipinski definition) is 1. The van der Waals surface area contributed by atoms with Gasteiger partial charge in [-0.25, -0.2) is 32.1 Å². The first kappa shape index (κ1) is 25.2. The third-order valence-electron chi connectivity index (χ3n) is 5.62. The van der Waals surface area contributed by atoms with Crippen molar-refractivity contribution in [2.45, 2.75) is 31.6 Å². The molecule has 0 spiro atoms. The maximum Gasteiger partial charge on any atom is 0.434 e. The van der Waals surface area contributed by atoms with E-state index in [1.54, 1.807) is 0 Å². The fourth-order valence-corrected chi connectivity index (χ4v) is 5.84. The molecule has 0 radical (unpaired) electrons. The minimum atomic E-state index is -4.78. The second-order valence-corrected chi connectivity index (χ2v) is 11.2. The van der Waals surface area contributed by atoms with E-state index in [1.807, 2.05) is 4.90 Å². The average molecular weight is 525 g/mol. The van der Waals surface area contributed by atoms with Crippen molar-refractivity contribution >= 4 is 27.3 Å². The smallest absolute Gasteiger partial charge is 0.379 e. The zero-order chi connectivity index (χ0) is 24.5.